The molecule has 3 heteroatoms. The van der Waals surface area contributed by atoms with Crippen molar-refractivity contribution in [2.24, 2.45) is 11.8 Å². The lowest BCUT2D eigenvalue weighted by Gasteiger charge is -2.46. The number of fused-ring (bicyclic) bond motifs is 1. The Hall–Kier alpha value is -1.09. The Kier molecular flexibility index (Phi) is 3.49. The lowest BCUT2D eigenvalue weighted by atomic mass is 9.70. The van der Waals surface area contributed by atoms with Crippen molar-refractivity contribution in [3.8, 4) is 5.75 Å². The monoisotopic (exact) mass is 278 g/mol. The summed E-state index contributed by atoms with van der Waals surface area (Å²) in [7, 11) is 0. The van der Waals surface area contributed by atoms with Crippen LogP contribution in [0.2, 0.25) is 0 Å². The Bertz CT molecular complexity index is 500. The van der Waals surface area contributed by atoms with Gasteiger partial charge in [0.1, 0.15) is 17.2 Å². The van der Waals surface area contributed by atoms with E-state index < -0.39 is 6.10 Å². The molecule has 0 aromatic heterocycles. The van der Waals surface area contributed by atoms with Crippen LogP contribution >= 0.6 is 0 Å². The molecular formula is C17H23FO2. The summed E-state index contributed by atoms with van der Waals surface area (Å²) in [4.78, 5) is 0. The molecule has 3 rings (SSSR count). The molecule has 1 aliphatic carbocycles. The Labute approximate surface area is 120 Å². The molecular weight excluding hydrogens is 255 g/mol. The molecule has 1 spiro atoms. The molecule has 20 heavy (non-hydrogen) atoms. The van der Waals surface area contributed by atoms with Gasteiger partial charge in [-0.3, -0.25) is 0 Å². The van der Waals surface area contributed by atoms with E-state index in [9.17, 15) is 9.50 Å². The van der Waals surface area contributed by atoms with Crippen molar-refractivity contribution >= 4 is 0 Å². The molecule has 1 heterocycles. The van der Waals surface area contributed by atoms with E-state index in [1.807, 2.05) is 0 Å². The minimum atomic E-state index is -0.611. The zero-order valence-electron chi connectivity index (χ0n) is 12.2. The van der Waals surface area contributed by atoms with Crippen LogP contribution < -0.4 is 4.74 Å². The quantitative estimate of drug-likeness (QED) is 0.833. The van der Waals surface area contributed by atoms with E-state index in [0.29, 0.717) is 29.6 Å². The van der Waals surface area contributed by atoms with E-state index in [1.165, 1.54) is 18.6 Å². The zero-order chi connectivity index (χ0) is 14.3. The van der Waals surface area contributed by atoms with E-state index in [0.717, 1.165) is 19.3 Å². The molecule has 2 unspecified atom stereocenters. The van der Waals surface area contributed by atoms with E-state index in [1.54, 1.807) is 6.07 Å². The minimum absolute atomic E-state index is 0.253. The maximum atomic E-state index is 13.3. The molecule has 0 radical (unpaired) electrons. The number of ether oxygens (including phenoxy) is 1. The second-order valence-electron chi connectivity index (χ2n) is 6.79. The third-order valence-corrected chi connectivity index (χ3v) is 5.01. The fourth-order valence-corrected chi connectivity index (χ4v) is 3.83. The molecule has 2 aliphatic rings. The SMILES string of the molecule is CC(C)C1CCCC2(C1)C[C@@H](O)c1cc(F)ccc1O2. The van der Waals surface area contributed by atoms with Gasteiger partial charge < -0.3 is 9.84 Å². The summed E-state index contributed by atoms with van der Waals surface area (Å²) >= 11 is 0. The van der Waals surface area contributed by atoms with Crippen molar-refractivity contribution < 1.29 is 14.2 Å². The maximum absolute atomic E-state index is 13.3. The second kappa shape index (κ2) is 5.03. The van der Waals surface area contributed by atoms with Crippen molar-refractivity contribution in [2.75, 3.05) is 0 Å². The zero-order valence-corrected chi connectivity index (χ0v) is 12.2. The Morgan fingerprint density at radius 3 is 2.90 bits per heavy atom. The summed E-state index contributed by atoms with van der Waals surface area (Å²) in [6, 6.07) is 4.47. The smallest absolute Gasteiger partial charge is 0.126 e. The van der Waals surface area contributed by atoms with Gasteiger partial charge in [0.05, 0.1) is 6.10 Å². The van der Waals surface area contributed by atoms with Crippen LogP contribution in [0.5, 0.6) is 5.75 Å². The molecule has 3 atom stereocenters. The Morgan fingerprint density at radius 1 is 1.35 bits per heavy atom. The number of rotatable bonds is 1. The third kappa shape index (κ3) is 2.44. The highest BCUT2D eigenvalue weighted by Crippen LogP contribution is 2.48. The Morgan fingerprint density at radius 2 is 2.15 bits per heavy atom. The molecule has 1 saturated carbocycles. The van der Waals surface area contributed by atoms with E-state index in [4.69, 9.17) is 4.74 Å². The van der Waals surface area contributed by atoms with Gasteiger partial charge in [-0.25, -0.2) is 4.39 Å². The van der Waals surface area contributed by atoms with Crippen LogP contribution in [-0.4, -0.2) is 10.7 Å². The summed E-state index contributed by atoms with van der Waals surface area (Å²) < 4.78 is 19.5. The van der Waals surface area contributed by atoms with Crippen molar-refractivity contribution in [1.29, 1.82) is 0 Å². The van der Waals surface area contributed by atoms with E-state index in [2.05, 4.69) is 13.8 Å². The van der Waals surface area contributed by atoms with Crippen molar-refractivity contribution in [1.82, 2.24) is 0 Å². The molecule has 1 aromatic rings. The van der Waals surface area contributed by atoms with Gasteiger partial charge in [-0.1, -0.05) is 13.8 Å². The first kappa shape index (κ1) is 13.9. The topological polar surface area (TPSA) is 29.5 Å². The predicted octanol–water partition coefficient (Wildman–Crippen LogP) is 4.23. The largest absolute Gasteiger partial charge is 0.487 e. The number of hydrogen-bond acceptors (Lipinski definition) is 2. The maximum Gasteiger partial charge on any atom is 0.126 e. The Balaban J connectivity index is 1.88. The summed E-state index contributed by atoms with van der Waals surface area (Å²) in [6.45, 7) is 4.51. The first-order valence-electron chi connectivity index (χ1n) is 7.66. The first-order chi connectivity index (χ1) is 9.49. The lowest BCUT2D eigenvalue weighted by Crippen LogP contribution is -2.45. The van der Waals surface area contributed by atoms with Crippen LogP contribution in [0.1, 0.15) is 57.6 Å². The van der Waals surface area contributed by atoms with Gasteiger partial charge in [-0.15, -0.1) is 0 Å². The lowest BCUT2D eigenvalue weighted by molar-refractivity contribution is -0.0574. The molecule has 0 bridgehead atoms. The predicted molar refractivity (Wildman–Crippen MR) is 76.1 cm³/mol. The van der Waals surface area contributed by atoms with Crippen molar-refractivity contribution in [3.05, 3.63) is 29.6 Å². The van der Waals surface area contributed by atoms with Gasteiger partial charge in [-0.2, -0.15) is 0 Å². The standard InChI is InChI=1S/C17H23FO2/c1-11(2)12-4-3-7-17(9-12)10-15(19)14-8-13(18)5-6-16(14)20-17/h5-6,8,11-12,15,19H,3-4,7,9-10H2,1-2H3/t12?,15-,17?/m1/s1. The highest BCUT2D eigenvalue weighted by molar-refractivity contribution is 5.38. The fraction of sp³-hybridized carbons (Fsp3) is 0.647. The number of aliphatic hydroxyl groups is 1. The summed E-state index contributed by atoms with van der Waals surface area (Å²) in [5, 5.41) is 10.4. The van der Waals surface area contributed by atoms with Crippen LogP contribution in [0.3, 0.4) is 0 Å². The fourth-order valence-electron chi connectivity index (χ4n) is 3.83. The summed E-state index contributed by atoms with van der Waals surface area (Å²) in [6.07, 6.45) is 4.36. The average molecular weight is 278 g/mol. The number of hydrogen-bond donors (Lipinski definition) is 1. The molecule has 0 amide bonds. The normalized spacial score (nSPS) is 33.0. The van der Waals surface area contributed by atoms with E-state index in [-0.39, 0.29) is 11.4 Å². The van der Waals surface area contributed by atoms with Crippen molar-refractivity contribution in [2.45, 2.75) is 57.7 Å². The van der Waals surface area contributed by atoms with Gasteiger partial charge in [0.15, 0.2) is 0 Å². The first-order valence-corrected chi connectivity index (χ1v) is 7.66. The molecule has 1 aromatic carbocycles. The van der Waals surface area contributed by atoms with Crippen LogP contribution in [-0.2, 0) is 0 Å². The minimum Gasteiger partial charge on any atom is -0.487 e. The summed E-state index contributed by atoms with van der Waals surface area (Å²) in [5.74, 6) is 1.64. The molecule has 110 valence electrons. The number of halogens is 1. The van der Waals surface area contributed by atoms with Gasteiger partial charge in [0, 0.05) is 12.0 Å². The van der Waals surface area contributed by atoms with Crippen LogP contribution in [0.4, 0.5) is 4.39 Å². The van der Waals surface area contributed by atoms with Gasteiger partial charge in [0.2, 0.25) is 0 Å². The van der Waals surface area contributed by atoms with Crippen LogP contribution in [0.25, 0.3) is 0 Å². The van der Waals surface area contributed by atoms with Gasteiger partial charge in [0.25, 0.3) is 0 Å². The van der Waals surface area contributed by atoms with Crippen LogP contribution in [0.15, 0.2) is 18.2 Å². The average Bonchev–Trinajstić information content (AvgIpc) is 2.40. The molecule has 1 N–H and O–H groups in total. The van der Waals surface area contributed by atoms with Gasteiger partial charge >= 0.3 is 0 Å². The highest BCUT2D eigenvalue weighted by Gasteiger charge is 2.44. The molecule has 0 saturated heterocycles. The highest BCUT2D eigenvalue weighted by atomic mass is 19.1. The second-order valence-corrected chi connectivity index (χ2v) is 6.79. The van der Waals surface area contributed by atoms with Crippen LogP contribution in [0, 0.1) is 17.7 Å². The number of aliphatic hydroxyl groups excluding tert-OH is 1. The van der Waals surface area contributed by atoms with Crippen molar-refractivity contribution in [3.63, 3.8) is 0 Å². The molecule has 1 aliphatic heterocycles. The molecule has 1 fully saturated rings. The number of benzene rings is 1. The molecule has 2 nitrogen and oxygen atoms in total. The summed E-state index contributed by atoms with van der Waals surface area (Å²) in [5.41, 5.74) is 0.347. The third-order valence-electron chi connectivity index (χ3n) is 5.01. The van der Waals surface area contributed by atoms with Gasteiger partial charge in [-0.05, 0) is 55.7 Å². The van der Waals surface area contributed by atoms with E-state index >= 15 is 0 Å².